The third-order valence-electron chi connectivity index (χ3n) is 3.80. The molecule has 2 unspecified atom stereocenters. The lowest BCUT2D eigenvalue weighted by Crippen LogP contribution is -2.18. The number of aryl methyl sites for hydroxylation is 1. The highest BCUT2D eigenvalue weighted by atomic mass is 32.1. The van der Waals surface area contributed by atoms with Gasteiger partial charge < -0.3 is 10.4 Å². The molecule has 0 aromatic carbocycles. The molecule has 0 aliphatic heterocycles. The van der Waals surface area contributed by atoms with E-state index >= 15 is 0 Å². The second-order valence-corrected chi connectivity index (χ2v) is 7.21. The molecule has 4 nitrogen and oxygen atoms in total. The average Bonchev–Trinajstić information content (AvgIpc) is 2.77. The van der Waals surface area contributed by atoms with Crippen molar-refractivity contribution in [3.63, 3.8) is 0 Å². The van der Waals surface area contributed by atoms with Crippen molar-refractivity contribution in [1.29, 1.82) is 0 Å². The fourth-order valence-electron chi connectivity index (χ4n) is 2.59. The first-order valence-corrected chi connectivity index (χ1v) is 8.28. The molecular formula is C15H24N2O2S. The largest absolute Gasteiger partial charge is 0.481 e. The molecule has 112 valence electrons. The van der Waals surface area contributed by atoms with E-state index in [0.29, 0.717) is 18.4 Å². The highest BCUT2D eigenvalue weighted by Crippen LogP contribution is 2.37. The molecule has 0 spiro atoms. The number of rotatable bonds is 6. The number of carboxylic acid groups (broad SMARTS) is 1. The number of carbonyl (C=O) groups is 1. The van der Waals surface area contributed by atoms with Crippen molar-refractivity contribution in [1.82, 2.24) is 4.98 Å². The van der Waals surface area contributed by atoms with Crippen molar-refractivity contribution in [3.8, 4) is 0 Å². The topological polar surface area (TPSA) is 62.2 Å². The van der Waals surface area contributed by atoms with Gasteiger partial charge in [0.25, 0.3) is 0 Å². The number of nitrogens with one attached hydrogen (secondary N) is 1. The van der Waals surface area contributed by atoms with E-state index in [4.69, 9.17) is 0 Å². The van der Waals surface area contributed by atoms with Crippen LogP contribution in [-0.2, 0) is 11.2 Å². The van der Waals surface area contributed by atoms with Gasteiger partial charge in [0.1, 0.15) is 5.92 Å². The highest BCUT2D eigenvalue weighted by Gasteiger charge is 2.30. The minimum absolute atomic E-state index is 0.383. The molecule has 1 aliphatic rings. The normalized spacial score (nSPS) is 19.7. The predicted molar refractivity (Wildman–Crippen MR) is 82.6 cm³/mol. The molecule has 0 bridgehead atoms. The van der Waals surface area contributed by atoms with Gasteiger partial charge in [-0.05, 0) is 44.9 Å². The van der Waals surface area contributed by atoms with Crippen molar-refractivity contribution in [2.75, 3.05) is 5.32 Å². The van der Waals surface area contributed by atoms with Crippen LogP contribution in [0.15, 0.2) is 0 Å². The monoisotopic (exact) mass is 296 g/mol. The fraction of sp³-hybridized carbons (Fsp3) is 0.733. The van der Waals surface area contributed by atoms with E-state index in [0.717, 1.165) is 35.0 Å². The SMILES string of the molecule is CC(C)CCC(C)Nc1nc2c(s1)CCCC2C(=O)O. The Morgan fingerprint density at radius 3 is 2.85 bits per heavy atom. The molecular weight excluding hydrogens is 272 g/mol. The molecule has 1 aliphatic carbocycles. The van der Waals surface area contributed by atoms with Gasteiger partial charge in [-0.15, -0.1) is 11.3 Å². The maximum absolute atomic E-state index is 11.3. The summed E-state index contributed by atoms with van der Waals surface area (Å²) in [7, 11) is 0. The van der Waals surface area contributed by atoms with Crippen molar-refractivity contribution >= 4 is 22.4 Å². The molecule has 1 heterocycles. The lowest BCUT2D eigenvalue weighted by atomic mass is 9.91. The standard InChI is InChI=1S/C15H24N2O2S/c1-9(2)7-8-10(3)16-15-17-13-11(14(18)19)5-4-6-12(13)20-15/h9-11H,4-8H2,1-3H3,(H,16,17)(H,18,19). The summed E-state index contributed by atoms with van der Waals surface area (Å²) in [5.74, 6) is -0.438. The lowest BCUT2D eigenvalue weighted by molar-refractivity contribution is -0.139. The van der Waals surface area contributed by atoms with Crippen LogP contribution in [0.5, 0.6) is 0 Å². The Morgan fingerprint density at radius 1 is 1.45 bits per heavy atom. The summed E-state index contributed by atoms with van der Waals surface area (Å²) in [5, 5.41) is 13.6. The highest BCUT2D eigenvalue weighted by molar-refractivity contribution is 7.15. The molecule has 0 saturated heterocycles. The average molecular weight is 296 g/mol. The molecule has 0 radical (unpaired) electrons. The zero-order valence-electron chi connectivity index (χ0n) is 12.5. The van der Waals surface area contributed by atoms with Gasteiger partial charge in [-0.2, -0.15) is 0 Å². The summed E-state index contributed by atoms with van der Waals surface area (Å²) in [4.78, 5) is 17.0. The summed E-state index contributed by atoms with van der Waals surface area (Å²) >= 11 is 1.63. The second-order valence-electron chi connectivity index (χ2n) is 6.13. The van der Waals surface area contributed by atoms with E-state index in [9.17, 15) is 9.90 Å². The van der Waals surface area contributed by atoms with Crippen LogP contribution in [0.25, 0.3) is 0 Å². The molecule has 0 amide bonds. The number of fused-ring (bicyclic) bond motifs is 1. The van der Waals surface area contributed by atoms with E-state index < -0.39 is 11.9 Å². The Labute approximate surface area is 124 Å². The van der Waals surface area contributed by atoms with E-state index in [1.807, 2.05) is 0 Å². The van der Waals surface area contributed by atoms with Gasteiger partial charge in [-0.3, -0.25) is 4.79 Å². The zero-order valence-corrected chi connectivity index (χ0v) is 13.3. The second kappa shape index (κ2) is 6.57. The van der Waals surface area contributed by atoms with Crippen molar-refractivity contribution in [2.45, 2.75) is 64.8 Å². The van der Waals surface area contributed by atoms with Gasteiger partial charge >= 0.3 is 5.97 Å². The first-order chi connectivity index (χ1) is 9.47. The zero-order chi connectivity index (χ0) is 14.7. The Hall–Kier alpha value is -1.10. The molecule has 5 heteroatoms. The molecule has 2 N–H and O–H groups in total. The van der Waals surface area contributed by atoms with Gasteiger partial charge in [0, 0.05) is 10.9 Å². The summed E-state index contributed by atoms with van der Waals surface area (Å²) < 4.78 is 0. The number of nitrogens with zero attached hydrogens (tertiary/aromatic N) is 1. The van der Waals surface area contributed by atoms with Gasteiger partial charge in [0.15, 0.2) is 5.13 Å². The summed E-state index contributed by atoms with van der Waals surface area (Å²) in [6.07, 6.45) is 4.95. The lowest BCUT2D eigenvalue weighted by Gasteiger charge is -2.16. The minimum atomic E-state index is -0.740. The number of aromatic nitrogens is 1. The van der Waals surface area contributed by atoms with E-state index in [1.54, 1.807) is 11.3 Å². The van der Waals surface area contributed by atoms with Crippen LogP contribution < -0.4 is 5.32 Å². The molecule has 1 aromatic rings. The van der Waals surface area contributed by atoms with Crippen molar-refractivity contribution < 1.29 is 9.90 Å². The number of carboxylic acids is 1. The third-order valence-corrected chi connectivity index (χ3v) is 4.86. The van der Waals surface area contributed by atoms with Gasteiger partial charge in [0.05, 0.1) is 5.69 Å². The quantitative estimate of drug-likeness (QED) is 0.836. The Kier molecular flexibility index (Phi) is 5.02. The Balaban J connectivity index is 2.02. The van der Waals surface area contributed by atoms with Crippen LogP contribution >= 0.6 is 11.3 Å². The Bertz CT molecular complexity index is 470. The minimum Gasteiger partial charge on any atom is -0.481 e. The van der Waals surface area contributed by atoms with Crippen LogP contribution in [-0.4, -0.2) is 22.1 Å². The maximum atomic E-state index is 11.3. The molecule has 2 rings (SSSR count). The number of hydrogen-bond donors (Lipinski definition) is 2. The van der Waals surface area contributed by atoms with Crippen LogP contribution in [0, 0.1) is 5.92 Å². The van der Waals surface area contributed by atoms with Crippen LogP contribution in [0.4, 0.5) is 5.13 Å². The molecule has 2 atom stereocenters. The van der Waals surface area contributed by atoms with Gasteiger partial charge in [-0.25, -0.2) is 4.98 Å². The predicted octanol–water partition coefficient (Wildman–Crippen LogP) is 3.88. The Morgan fingerprint density at radius 2 is 2.20 bits per heavy atom. The summed E-state index contributed by atoms with van der Waals surface area (Å²) in [6.45, 7) is 6.62. The molecule has 0 saturated carbocycles. The summed E-state index contributed by atoms with van der Waals surface area (Å²) in [6, 6.07) is 0.383. The molecule has 20 heavy (non-hydrogen) atoms. The fourth-order valence-corrected chi connectivity index (χ4v) is 3.76. The van der Waals surface area contributed by atoms with Crippen LogP contribution in [0.2, 0.25) is 0 Å². The van der Waals surface area contributed by atoms with Crippen molar-refractivity contribution in [2.24, 2.45) is 5.92 Å². The first-order valence-electron chi connectivity index (χ1n) is 7.46. The molecule has 1 aromatic heterocycles. The van der Waals surface area contributed by atoms with Gasteiger partial charge in [0.2, 0.25) is 0 Å². The smallest absolute Gasteiger partial charge is 0.312 e. The van der Waals surface area contributed by atoms with E-state index in [-0.39, 0.29) is 0 Å². The van der Waals surface area contributed by atoms with E-state index in [2.05, 4.69) is 31.1 Å². The maximum Gasteiger partial charge on any atom is 0.312 e. The van der Waals surface area contributed by atoms with Crippen molar-refractivity contribution in [3.05, 3.63) is 10.6 Å². The third kappa shape index (κ3) is 3.72. The number of aliphatic carboxylic acids is 1. The van der Waals surface area contributed by atoms with Crippen LogP contribution in [0.1, 0.15) is 62.9 Å². The first kappa shape index (κ1) is 15.3. The van der Waals surface area contributed by atoms with Crippen LogP contribution in [0.3, 0.4) is 0 Å². The van der Waals surface area contributed by atoms with E-state index in [1.165, 1.54) is 6.42 Å². The number of thiazole rings is 1. The molecule has 0 fully saturated rings. The van der Waals surface area contributed by atoms with Gasteiger partial charge in [-0.1, -0.05) is 13.8 Å². The number of hydrogen-bond acceptors (Lipinski definition) is 4. The number of anilines is 1. The summed E-state index contributed by atoms with van der Waals surface area (Å²) in [5.41, 5.74) is 0.798.